The quantitative estimate of drug-likeness (QED) is 0.855. The molecule has 94 valence electrons. The Bertz CT molecular complexity index is 346. The minimum Gasteiger partial charge on any atom is -0.365 e. The predicted octanol–water partition coefficient (Wildman–Crippen LogP) is 3.99. The summed E-state index contributed by atoms with van der Waals surface area (Å²) in [5.41, 5.74) is 0. The van der Waals surface area contributed by atoms with E-state index < -0.39 is 0 Å². The fraction of sp³-hybridized carbons (Fsp3) is 0.643. The average molecular weight is 236 g/mol. The van der Waals surface area contributed by atoms with Crippen LogP contribution >= 0.6 is 0 Å². The number of aromatic nitrogens is 1. The molecule has 17 heavy (non-hydrogen) atoms. The second kappa shape index (κ2) is 5.99. The Morgan fingerprint density at radius 3 is 2.76 bits per heavy atom. The van der Waals surface area contributed by atoms with E-state index in [2.05, 4.69) is 17.2 Å². The van der Waals surface area contributed by atoms with Gasteiger partial charge in [-0.15, -0.1) is 0 Å². The van der Waals surface area contributed by atoms with Crippen molar-refractivity contribution in [3.63, 3.8) is 0 Å². The van der Waals surface area contributed by atoms with Gasteiger partial charge in [-0.05, 0) is 43.7 Å². The Kier molecular flexibility index (Phi) is 4.35. The minimum absolute atomic E-state index is 0.247. The molecule has 2 rings (SSSR count). The number of nitrogens with zero attached hydrogens (tertiary/aromatic N) is 1. The van der Waals surface area contributed by atoms with E-state index in [0.29, 0.717) is 11.9 Å². The second-order valence-electron chi connectivity index (χ2n) is 4.98. The van der Waals surface area contributed by atoms with Crippen LogP contribution in [0, 0.1) is 11.7 Å². The molecule has 0 bridgehead atoms. The number of hydrogen-bond donors (Lipinski definition) is 1. The third kappa shape index (κ3) is 3.42. The third-order valence-electron chi connectivity index (χ3n) is 3.64. The first-order valence-corrected chi connectivity index (χ1v) is 6.66. The van der Waals surface area contributed by atoms with E-state index in [1.807, 2.05) is 0 Å². The van der Waals surface area contributed by atoms with Crippen molar-refractivity contribution in [2.75, 3.05) is 5.32 Å². The standard InChI is InChI=1S/C14H21FN2/c1-2-4-11-6-8-12(9-7-11)17-14-13(15)5-3-10-16-14/h3,5,10-12H,2,4,6-9H2,1H3,(H,16,17). The minimum atomic E-state index is -0.247. The molecule has 1 aliphatic carbocycles. The van der Waals surface area contributed by atoms with Crippen molar-refractivity contribution in [3.8, 4) is 0 Å². The molecule has 0 unspecified atom stereocenters. The van der Waals surface area contributed by atoms with E-state index in [1.165, 1.54) is 31.7 Å². The van der Waals surface area contributed by atoms with Crippen molar-refractivity contribution in [1.82, 2.24) is 4.98 Å². The van der Waals surface area contributed by atoms with E-state index >= 15 is 0 Å². The summed E-state index contributed by atoms with van der Waals surface area (Å²) in [4.78, 5) is 4.04. The average Bonchev–Trinajstić information content (AvgIpc) is 2.35. The highest BCUT2D eigenvalue weighted by Crippen LogP contribution is 2.29. The predicted molar refractivity (Wildman–Crippen MR) is 68.5 cm³/mol. The topological polar surface area (TPSA) is 24.9 Å². The maximum atomic E-state index is 13.4. The lowest BCUT2D eigenvalue weighted by molar-refractivity contribution is 0.318. The molecule has 1 saturated carbocycles. The first-order valence-electron chi connectivity index (χ1n) is 6.66. The zero-order chi connectivity index (χ0) is 12.1. The van der Waals surface area contributed by atoms with E-state index in [0.717, 1.165) is 18.8 Å². The fourth-order valence-corrected chi connectivity index (χ4v) is 2.69. The summed E-state index contributed by atoms with van der Waals surface area (Å²) >= 11 is 0. The van der Waals surface area contributed by atoms with Crippen molar-refractivity contribution in [1.29, 1.82) is 0 Å². The highest BCUT2D eigenvalue weighted by molar-refractivity contribution is 5.36. The molecular weight excluding hydrogens is 215 g/mol. The van der Waals surface area contributed by atoms with Crippen LogP contribution in [0.5, 0.6) is 0 Å². The van der Waals surface area contributed by atoms with Crippen molar-refractivity contribution in [2.45, 2.75) is 51.5 Å². The van der Waals surface area contributed by atoms with Gasteiger partial charge in [0.2, 0.25) is 0 Å². The molecule has 0 aliphatic heterocycles. The van der Waals surface area contributed by atoms with Gasteiger partial charge in [-0.1, -0.05) is 19.8 Å². The van der Waals surface area contributed by atoms with Crippen LogP contribution in [0.25, 0.3) is 0 Å². The molecule has 1 heterocycles. The molecule has 0 spiro atoms. The van der Waals surface area contributed by atoms with Crippen molar-refractivity contribution < 1.29 is 4.39 Å². The van der Waals surface area contributed by atoms with Crippen LogP contribution in [-0.4, -0.2) is 11.0 Å². The van der Waals surface area contributed by atoms with E-state index in [-0.39, 0.29) is 5.82 Å². The molecule has 0 aromatic carbocycles. The van der Waals surface area contributed by atoms with E-state index in [1.54, 1.807) is 12.3 Å². The Morgan fingerprint density at radius 1 is 1.35 bits per heavy atom. The number of pyridine rings is 1. The van der Waals surface area contributed by atoms with Crippen LogP contribution < -0.4 is 5.32 Å². The number of rotatable bonds is 4. The maximum absolute atomic E-state index is 13.4. The molecular formula is C14H21FN2. The van der Waals surface area contributed by atoms with Gasteiger partial charge in [-0.25, -0.2) is 9.37 Å². The molecule has 2 nitrogen and oxygen atoms in total. The van der Waals surface area contributed by atoms with Crippen LogP contribution in [0.2, 0.25) is 0 Å². The summed E-state index contributed by atoms with van der Waals surface area (Å²) < 4.78 is 13.4. The van der Waals surface area contributed by atoms with Gasteiger partial charge in [0.25, 0.3) is 0 Å². The van der Waals surface area contributed by atoms with Gasteiger partial charge in [0.1, 0.15) is 0 Å². The molecule has 3 heteroatoms. The molecule has 1 N–H and O–H groups in total. The molecule has 1 aliphatic rings. The zero-order valence-electron chi connectivity index (χ0n) is 10.5. The largest absolute Gasteiger partial charge is 0.365 e. The highest BCUT2D eigenvalue weighted by Gasteiger charge is 2.21. The normalized spacial score (nSPS) is 24.6. The lowest BCUT2D eigenvalue weighted by Crippen LogP contribution is -2.26. The number of halogens is 1. The molecule has 0 saturated heterocycles. The number of hydrogen-bond acceptors (Lipinski definition) is 2. The van der Waals surface area contributed by atoms with Crippen LogP contribution in [0.3, 0.4) is 0 Å². The third-order valence-corrected chi connectivity index (χ3v) is 3.64. The zero-order valence-corrected chi connectivity index (χ0v) is 10.5. The highest BCUT2D eigenvalue weighted by atomic mass is 19.1. The maximum Gasteiger partial charge on any atom is 0.165 e. The molecule has 1 fully saturated rings. The Morgan fingerprint density at radius 2 is 2.12 bits per heavy atom. The molecule has 0 radical (unpaired) electrons. The van der Waals surface area contributed by atoms with Gasteiger partial charge in [0, 0.05) is 12.2 Å². The van der Waals surface area contributed by atoms with Crippen molar-refractivity contribution in [2.24, 2.45) is 5.92 Å². The van der Waals surface area contributed by atoms with Crippen LogP contribution in [-0.2, 0) is 0 Å². The summed E-state index contributed by atoms with van der Waals surface area (Å²) in [6.45, 7) is 2.24. The summed E-state index contributed by atoms with van der Waals surface area (Å²) in [5, 5.41) is 3.23. The summed E-state index contributed by atoms with van der Waals surface area (Å²) in [6, 6.07) is 3.48. The second-order valence-corrected chi connectivity index (χ2v) is 4.98. The van der Waals surface area contributed by atoms with Crippen molar-refractivity contribution >= 4 is 5.82 Å². The lowest BCUT2D eigenvalue weighted by Gasteiger charge is -2.29. The first-order chi connectivity index (χ1) is 8.29. The van der Waals surface area contributed by atoms with Gasteiger partial charge >= 0.3 is 0 Å². The Labute approximate surface area is 103 Å². The van der Waals surface area contributed by atoms with Crippen LogP contribution in [0.1, 0.15) is 45.4 Å². The molecule has 1 aromatic rings. The van der Waals surface area contributed by atoms with Crippen molar-refractivity contribution in [3.05, 3.63) is 24.1 Å². The lowest BCUT2D eigenvalue weighted by atomic mass is 9.83. The number of nitrogens with one attached hydrogen (secondary N) is 1. The first kappa shape index (κ1) is 12.3. The summed E-state index contributed by atoms with van der Waals surface area (Å²) in [5.74, 6) is 1.04. The van der Waals surface area contributed by atoms with Gasteiger partial charge in [-0.2, -0.15) is 0 Å². The SMILES string of the molecule is CCCC1CCC(Nc2ncccc2F)CC1. The van der Waals surface area contributed by atoms with Gasteiger partial charge < -0.3 is 5.32 Å². The molecule has 0 amide bonds. The van der Waals surface area contributed by atoms with E-state index in [4.69, 9.17) is 0 Å². The molecule has 1 aromatic heterocycles. The van der Waals surface area contributed by atoms with Gasteiger partial charge in [-0.3, -0.25) is 0 Å². The van der Waals surface area contributed by atoms with Gasteiger partial charge in [0.05, 0.1) is 0 Å². The van der Waals surface area contributed by atoms with Gasteiger partial charge in [0.15, 0.2) is 11.6 Å². The van der Waals surface area contributed by atoms with Crippen LogP contribution in [0.15, 0.2) is 18.3 Å². The Balaban J connectivity index is 1.84. The monoisotopic (exact) mass is 236 g/mol. The molecule has 0 atom stereocenters. The van der Waals surface area contributed by atoms with Crippen LogP contribution in [0.4, 0.5) is 10.2 Å². The Hall–Kier alpha value is -1.12. The number of anilines is 1. The smallest absolute Gasteiger partial charge is 0.165 e. The summed E-state index contributed by atoms with van der Waals surface area (Å²) in [7, 11) is 0. The fourth-order valence-electron chi connectivity index (χ4n) is 2.69. The van der Waals surface area contributed by atoms with E-state index in [9.17, 15) is 4.39 Å². The summed E-state index contributed by atoms with van der Waals surface area (Å²) in [6.07, 6.45) is 9.05.